The van der Waals surface area contributed by atoms with E-state index in [-0.39, 0.29) is 24.3 Å². The van der Waals surface area contributed by atoms with Gasteiger partial charge in [-0.05, 0) is 25.3 Å². The summed E-state index contributed by atoms with van der Waals surface area (Å²) in [6.45, 7) is 6.50. The van der Waals surface area contributed by atoms with E-state index in [9.17, 15) is 9.59 Å². The van der Waals surface area contributed by atoms with Gasteiger partial charge in [0.25, 0.3) is 0 Å². The molecule has 0 aliphatic heterocycles. The number of nitrogens with one attached hydrogen (secondary N) is 2. The number of carbonyl (C=O) groups excluding carboxylic acids is 2. The lowest BCUT2D eigenvalue weighted by Gasteiger charge is -2.12. The van der Waals surface area contributed by atoms with Crippen molar-refractivity contribution in [1.82, 2.24) is 10.6 Å². The fourth-order valence-corrected chi connectivity index (χ4v) is 2.06. The Kier molecular flexibility index (Phi) is 6.77. The van der Waals surface area contributed by atoms with Crippen molar-refractivity contribution in [1.29, 1.82) is 0 Å². The molecule has 20 heavy (non-hydrogen) atoms. The van der Waals surface area contributed by atoms with Crippen LogP contribution in [-0.2, 0) is 16.1 Å². The molecule has 1 aromatic carbocycles. The maximum Gasteiger partial charge on any atom is 0.239 e. The van der Waals surface area contributed by atoms with Crippen LogP contribution in [0.4, 0.5) is 0 Å². The number of rotatable bonds is 7. The molecule has 0 heterocycles. The molecule has 0 saturated carbocycles. The molecule has 0 fully saturated rings. The summed E-state index contributed by atoms with van der Waals surface area (Å²) in [7, 11) is 0. The van der Waals surface area contributed by atoms with Crippen LogP contribution in [-0.4, -0.2) is 18.4 Å². The van der Waals surface area contributed by atoms with Crippen LogP contribution >= 0.6 is 0 Å². The summed E-state index contributed by atoms with van der Waals surface area (Å²) >= 11 is 0. The van der Waals surface area contributed by atoms with Crippen molar-refractivity contribution in [3.05, 3.63) is 35.4 Å². The average molecular weight is 276 g/mol. The molecule has 4 heteroatoms. The number of hydrogen-bond donors (Lipinski definition) is 2. The molecule has 0 bridgehead atoms. The van der Waals surface area contributed by atoms with Crippen molar-refractivity contribution in [3.8, 4) is 0 Å². The van der Waals surface area contributed by atoms with Crippen molar-refractivity contribution < 1.29 is 9.59 Å². The lowest BCUT2D eigenvalue weighted by atomic mass is 10.0. The van der Waals surface area contributed by atoms with E-state index in [4.69, 9.17) is 0 Å². The molecule has 1 rings (SSSR count). The van der Waals surface area contributed by atoms with Crippen LogP contribution in [0.3, 0.4) is 0 Å². The van der Waals surface area contributed by atoms with E-state index in [1.54, 1.807) is 0 Å². The molecular formula is C16H24N2O2. The van der Waals surface area contributed by atoms with Gasteiger partial charge in [-0.2, -0.15) is 0 Å². The van der Waals surface area contributed by atoms with Crippen LogP contribution in [0.1, 0.15) is 37.8 Å². The van der Waals surface area contributed by atoms with E-state index >= 15 is 0 Å². The highest BCUT2D eigenvalue weighted by Crippen LogP contribution is 2.06. The van der Waals surface area contributed by atoms with E-state index in [2.05, 4.69) is 10.6 Å². The van der Waals surface area contributed by atoms with Crippen molar-refractivity contribution >= 4 is 11.8 Å². The van der Waals surface area contributed by atoms with E-state index in [0.29, 0.717) is 6.54 Å². The lowest BCUT2D eigenvalue weighted by molar-refractivity contribution is -0.128. The highest BCUT2D eigenvalue weighted by molar-refractivity contribution is 5.85. The van der Waals surface area contributed by atoms with Gasteiger partial charge in [0.1, 0.15) is 0 Å². The number of benzene rings is 1. The summed E-state index contributed by atoms with van der Waals surface area (Å²) in [4.78, 5) is 23.4. The van der Waals surface area contributed by atoms with Gasteiger partial charge in [0, 0.05) is 12.5 Å². The van der Waals surface area contributed by atoms with E-state index in [1.165, 1.54) is 5.56 Å². The number of aryl methyl sites for hydroxylation is 1. The largest absolute Gasteiger partial charge is 0.350 e. The van der Waals surface area contributed by atoms with Gasteiger partial charge in [-0.3, -0.25) is 9.59 Å². The highest BCUT2D eigenvalue weighted by Gasteiger charge is 2.14. The van der Waals surface area contributed by atoms with Gasteiger partial charge < -0.3 is 10.6 Å². The standard InChI is InChI=1S/C16H24N2O2/c1-4-14(5-2)16(20)18-11-15(19)17-10-13-8-6-7-12(3)9-13/h6-9,14H,4-5,10-11H2,1-3H3,(H,17,19)(H,18,20). The Balaban J connectivity index is 2.32. The zero-order valence-electron chi connectivity index (χ0n) is 12.5. The zero-order chi connectivity index (χ0) is 15.0. The minimum Gasteiger partial charge on any atom is -0.350 e. The Morgan fingerprint density at radius 3 is 2.45 bits per heavy atom. The second-order valence-electron chi connectivity index (χ2n) is 5.00. The third-order valence-corrected chi connectivity index (χ3v) is 3.35. The van der Waals surface area contributed by atoms with Crippen LogP contribution < -0.4 is 10.6 Å². The molecule has 2 N–H and O–H groups in total. The van der Waals surface area contributed by atoms with Crippen molar-refractivity contribution in [3.63, 3.8) is 0 Å². The molecule has 0 radical (unpaired) electrons. The van der Waals surface area contributed by atoms with Gasteiger partial charge in [0.15, 0.2) is 0 Å². The second-order valence-corrected chi connectivity index (χ2v) is 5.00. The predicted octanol–water partition coefficient (Wildman–Crippen LogP) is 2.16. The van der Waals surface area contributed by atoms with Crippen LogP contribution in [0.15, 0.2) is 24.3 Å². The van der Waals surface area contributed by atoms with Gasteiger partial charge >= 0.3 is 0 Å². The fourth-order valence-electron chi connectivity index (χ4n) is 2.06. The first-order valence-electron chi connectivity index (χ1n) is 7.16. The lowest BCUT2D eigenvalue weighted by Crippen LogP contribution is -2.39. The molecule has 0 aliphatic carbocycles. The van der Waals surface area contributed by atoms with Gasteiger partial charge in [0.2, 0.25) is 11.8 Å². The first-order chi connectivity index (χ1) is 9.56. The molecule has 110 valence electrons. The van der Waals surface area contributed by atoms with Gasteiger partial charge in [0.05, 0.1) is 6.54 Å². The molecule has 0 saturated heterocycles. The third kappa shape index (κ3) is 5.43. The molecule has 1 aromatic rings. The van der Waals surface area contributed by atoms with Crippen LogP contribution in [0.25, 0.3) is 0 Å². The first kappa shape index (κ1) is 16.2. The van der Waals surface area contributed by atoms with Gasteiger partial charge in [-0.25, -0.2) is 0 Å². The smallest absolute Gasteiger partial charge is 0.239 e. The van der Waals surface area contributed by atoms with Crippen molar-refractivity contribution in [2.24, 2.45) is 5.92 Å². The summed E-state index contributed by atoms with van der Waals surface area (Å²) < 4.78 is 0. The minimum absolute atomic E-state index is 0.000395. The Bertz CT molecular complexity index is 454. The minimum atomic E-state index is -0.161. The quantitative estimate of drug-likeness (QED) is 0.802. The maximum absolute atomic E-state index is 11.7. The Labute approximate surface area is 121 Å². The zero-order valence-corrected chi connectivity index (χ0v) is 12.5. The molecule has 0 atom stereocenters. The molecular weight excluding hydrogens is 252 g/mol. The summed E-state index contributed by atoms with van der Waals surface area (Å²) in [5, 5.41) is 5.48. The maximum atomic E-state index is 11.7. The van der Waals surface area contributed by atoms with E-state index < -0.39 is 0 Å². The van der Waals surface area contributed by atoms with Gasteiger partial charge in [-0.15, -0.1) is 0 Å². The van der Waals surface area contributed by atoms with Crippen LogP contribution in [0.2, 0.25) is 0 Å². The normalized spacial score (nSPS) is 10.4. The number of amides is 2. The molecule has 0 aliphatic rings. The number of hydrogen-bond acceptors (Lipinski definition) is 2. The SMILES string of the molecule is CCC(CC)C(=O)NCC(=O)NCc1cccc(C)c1. The monoisotopic (exact) mass is 276 g/mol. The fraction of sp³-hybridized carbons (Fsp3) is 0.500. The van der Waals surface area contributed by atoms with Gasteiger partial charge in [-0.1, -0.05) is 43.7 Å². The summed E-state index contributed by atoms with van der Waals surface area (Å²) in [5.41, 5.74) is 2.23. The molecule has 0 spiro atoms. The summed E-state index contributed by atoms with van der Waals surface area (Å²) in [6, 6.07) is 7.98. The molecule has 2 amide bonds. The topological polar surface area (TPSA) is 58.2 Å². The highest BCUT2D eigenvalue weighted by atomic mass is 16.2. The van der Waals surface area contributed by atoms with E-state index in [0.717, 1.165) is 18.4 Å². The van der Waals surface area contributed by atoms with Crippen LogP contribution in [0, 0.1) is 12.8 Å². The summed E-state index contributed by atoms with van der Waals surface area (Å²) in [6.07, 6.45) is 1.60. The van der Waals surface area contributed by atoms with Crippen molar-refractivity contribution in [2.75, 3.05) is 6.54 Å². The average Bonchev–Trinajstić information content (AvgIpc) is 2.44. The molecule has 0 aromatic heterocycles. The molecule has 4 nitrogen and oxygen atoms in total. The first-order valence-corrected chi connectivity index (χ1v) is 7.16. The Morgan fingerprint density at radius 1 is 1.15 bits per heavy atom. The van der Waals surface area contributed by atoms with Crippen LogP contribution in [0.5, 0.6) is 0 Å². The number of carbonyl (C=O) groups is 2. The Morgan fingerprint density at radius 2 is 1.85 bits per heavy atom. The third-order valence-electron chi connectivity index (χ3n) is 3.35. The second kappa shape index (κ2) is 8.35. The van der Waals surface area contributed by atoms with E-state index in [1.807, 2.05) is 45.0 Å². The summed E-state index contributed by atoms with van der Waals surface area (Å²) in [5.74, 6) is -0.203. The van der Waals surface area contributed by atoms with Crippen molar-refractivity contribution in [2.45, 2.75) is 40.2 Å². The predicted molar refractivity (Wildman–Crippen MR) is 80.1 cm³/mol. The Hall–Kier alpha value is -1.84. The molecule has 0 unspecified atom stereocenters.